The second-order valence-electron chi connectivity index (χ2n) is 10.1. The maximum atomic E-state index is 14.2. The third-order valence-corrected chi connectivity index (χ3v) is 7.62. The smallest absolute Gasteiger partial charge is 0.335 e. The summed E-state index contributed by atoms with van der Waals surface area (Å²) in [4.78, 5) is 23.3. The summed E-state index contributed by atoms with van der Waals surface area (Å²) in [5, 5.41) is 9.63. The number of imidazole rings is 2. The third kappa shape index (κ3) is 5.63. The molecule has 0 bridgehead atoms. The molecule has 212 valence electrons. The summed E-state index contributed by atoms with van der Waals surface area (Å²) in [6, 6.07) is 15.3. The number of carbonyl (C=O) groups is 1. The Hall–Kier alpha value is -3.99. The largest absolute Gasteiger partial charge is 0.486 e. The predicted molar refractivity (Wildman–Crippen MR) is 153 cm³/mol. The van der Waals surface area contributed by atoms with E-state index in [4.69, 9.17) is 31.0 Å². The first kappa shape index (κ1) is 27.2. The molecular weight excluding hydrogens is 549 g/mol. The summed E-state index contributed by atoms with van der Waals surface area (Å²) < 4.78 is 28.8. The van der Waals surface area contributed by atoms with E-state index in [1.54, 1.807) is 24.3 Å². The van der Waals surface area contributed by atoms with Crippen LogP contribution in [0.15, 0.2) is 54.6 Å². The normalized spacial score (nSPS) is 14.8. The molecule has 0 amide bonds. The Bertz CT molecular complexity index is 1740. The van der Waals surface area contributed by atoms with Gasteiger partial charge in [-0.25, -0.2) is 19.2 Å². The van der Waals surface area contributed by atoms with E-state index in [0.29, 0.717) is 18.1 Å². The minimum atomic E-state index is -0.956. The van der Waals surface area contributed by atoms with Gasteiger partial charge >= 0.3 is 5.97 Å². The van der Waals surface area contributed by atoms with Crippen molar-refractivity contribution < 1.29 is 23.8 Å². The molecule has 9 nitrogen and oxygen atoms in total. The highest BCUT2D eigenvalue weighted by Gasteiger charge is 2.23. The van der Waals surface area contributed by atoms with Crippen LogP contribution in [0.5, 0.6) is 5.75 Å². The van der Waals surface area contributed by atoms with Crippen molar-refractivity contribution in [2.75, 3.05) is 19.8 Å². The van der Waals surface area contributed by atoms with E-state index < -0.39 is 11.8 Å². The van der Waals surface area contributed by atoms with Crippen LogP contribution in [0.25, 0.3) is 22.1 Å². The Morgan fingerprint density at radius 3 is 2.63 bits per heavy atom. The second-order valence-corrected chi connectivity index (χ2v) is 10.5. The highest BCUT2D eigenvalue weighted by molar-refractivity contribution is 6.30. The number of nitrogens with zero attached hydrogens (tertiary/aromatic N) is 5. The lowest BCUT2D eigenvalue weighted by molar-refractivity contribution is 0.0367. The number of para-hydroxylation sites is 1. The fourth-order valence-corrected chi connectivity index (χ4v) is 5.16. The van der Waals surface area contributed by atoms with Crippen LogP contribution >= 0.6 is 11.6 Å². The molecule has 1 saturated heterocycles. The molecule has 0 atom stereocenters. The molecule has 1 fully saturated rings. The van der Waals surface area contributed by atoms with Gasteiger partial charge in [0.2, 0.25) is 0 Å². The highest BCUT2D eigenvalue weighted by atomic mass is 35.5. The first-order chi connectivity index (χ1) is 19.9. The lowest BCUT2D eigenvalue weighted by Gasteiger charge is -2.27. The molecule has 2 aliphatic rings. The number of ether oxygens (including phenoxy) is 2. The fraction of sp³-hybridized carbons (Fsp3) is 0.300. The summed E-state index contributed by atoms with van der Waals surface area (Å²) in [5.41, 5.74) is 4.56. The molecule has 3 aromatic carbocycles. The maximum absolute atomic E-state index is 14.2. The Morgan fingerprint density at radius 2 is 1.90 bits per heavy atom. The van der Waals surface area contributed by atoms with Crippen molar-refractivity contribution in [3.63, 3.8) is 0 Å². The number of fused-ring (bicyclic) bond motifs is 4. The summed E-state index contributed by atoms with van der Waals surface area (Å²) in [6.45, 7) is 5.04. The van der Waals surface area contributed by atoms with Crippen LogP contribution in [0, 0.1) is 5.82 Å². The van der Waals surface area contributed by atoms with E-state index in [1.807, 2.05) is 29.8 Å². The predicted octanol–water partition coefficient (Wildman–Crippen LogP) is 5.42. The van der Waals surface area contributed by atoms with Gasteiger partial charge in [-0.3, -0.25) is 4.90 Å². The fourth-order valence-electron chi connectivity index (χ4n) is 5.00. The number of hydrogen-bond acceptors (Lipinski definition) is 6. The van der Waals surface area contributed by atoms with Crippen molar-refractivity contribution in [3.8, 4) is 5.75 Å². The molecule has 1 N–H and O–H groups in total. The van der Waals surface area contributed by atoms with Crippen LogP contribution in [-0.4, -0.2) is 54.8 Å². The first-order valence-electron chi connectivity index (χ1n) is 13.4. The topological polar surface area (TPSA) is 94.6 Å². The number of carboxylic acid groups (broad SMARTS) is 1. The van der Waals surface area contributed by atoms with E-state index in [1.165, 1.54) is 18.6 Å². The number of carboxylic acids is 1. The highest BCUT2D eigenvalue weighted by Crippen LogP contribution is 2.27. The Morgan fingerprint density at radius 1 is 1.10 bits per heavy atom. The molecule has 0 aliphatic carbocycles. The number of benzene rings is 3. The zero-order chi connectivity index (χ0) is 28.5. The molecule has 0 radical (unpaired) electrons. The van der Waals surface area contributed by atoms with Crippen LogP contribution in [0.3, 0.4) is 0 Å². The quantitative estimate of drug-likeness (QED) is 0.288. The molecule has 5 aromatic rings. The molecule has 41 heavy (non-hydrogen) atoms. The minimum absolute atomic E-state index is 0.148. The summed E-state index contributed by atoms with van der Waals surface area (Å²) in [6.07, 6.45) is 1.28. The SMILES string of the molecule is C1COC1.Cn1c(CN2CCn3c(nc4c(COc5ccc(Cl)cc5F)cccc43)C2)nc2ccc(C(=O)O)cc21. The van der Waals surface area contributed by atoms with Crippen LogP contribution in [0.2, 0.25) is 5.02 Å². The molecule has 11 heteroatoms. The summed E-state index contributed by atoms with van der Waals surface area (Å²) in [7, 11) is 1.91. The van der Waals surface area contributed by atoms with Gasteiger partial charge in [-0.1, -0.05) is 23.7 Å². The third-order valence-electron chi connectivity index (χ3n) is 7.39. The first-order valence-corrected chi connectivity index (χ1v) is 13.8. The molecular formula is C30H29ClFN5O4. The number of aromatic carboxylic acids is 1. The van der Waals surface area contributed by atoms with E-state index in [-0.39, 0.29) is 17.9 Å². The monoisotopic (exact) mass is 577 g/mol. The Labute approximate surface area is 240 Å². The number of rotatable bonds is 6. The van der Waals surface area contributed by atoms with E-state index in [2.05, 4.69) is 9.47 Å². The lowest BCUT2D eigenvalue weighted by Crippen LogP contribution is -2.34. The van der Waals surface area contributed by atoms with E-state index in [0.717, 1.165) is 65.6 Å². The molecule has 0 saturated carbocycles. The van der Waals surface area contributed by atoms with Gasteiger partial charge in [0.25, 0.3) is 0 Å². The zero-order valence-corrected chi connectivity index (χ0v) is 23.3. The van der Waals surface area contributed by atoms with Gasteiger partial charge in [-0.05, 0) is 48.9 Å². The van der Waals surface area contributed by atoms with Gasteiger partial charge < -0.3 is 23.7 Å². The van der Waals surface area contributed by atoms with Gasteiger partial charge in [-0.2, -0.15) is 0 Å². The Kier molecular flexibility index (Phi) is 7.61. The van der Waals surface area contributed by atoms with E-state index in [9.17, 15) is 14.3 Å². The number of aromatic nitrogens is 4. The second kappa shape index (κ2) is 11.5. The van der Waals surface area contributed by atoms with E-state index >= 15 is 0 Å². The molecule has 4 heterocycles. The van der Waals surface area contributed by atoms with Crippen molar-refractivity contribution in [3.05, 3.63) is 88.2 Å². The van der Waals surface area contributed by atoms with Crippen molar-refractivity contribution in [1.82, 2.24) is 24.0 Å². The number of aryl methyl sites for hydroxylation is 1. The average molecular weight is 578 g/mol. The number of hydrogen-bond donors (Lipinski definition) is 1. The average Bonchev–Trinajstić information content (AvgIpc) is 3.44. The lowest BCUT2D eigenvalue weighted by atomic mass is 10.2. The van der Waals surface area contributed by atoms with Gasteiger partial charge in [0.15, 0.2) is 11.6 Å². The molecule has 0 spiro atoms. The zero-order valence-electron chi connectivity index (χ0n) is 22.5. The number of halogens is 2. The summed E-state index contributed by atoms with van der Waals surface area (Å²) >= 11 is 5.84. The van der Waals surface area contributed by atoms with Crippen LogP contribution < -0.4 is 4.74 Å². The maximum Gasteiger partial charge on any atom is 0.335 e. The molecule has 2 aromatic heterocycles. The molecule has 7 rings (SSSR count). The van der Waals surface area contributed by atoms with Crippen LogP contribution in [-0.2, 0) is 38.0 Å². The van der Waals surface area contributed by atoms with Crippen LogP contribution in [0.4, 0.5) is 4.39 Å². The molecule has 0 unspecified atom stereocenters. The Balaban J connectivity index is 0.000000697. The minimum Gasteiger partial charge on any atom is -0.486 e. The van der Waals surface area contributed by atoms with Gasteiger partial charge in [0.1, 0.15) is 18.3 Å². The standard InChI is InChI=1S/C27H23ClFN5O3.C3H6O/c1-32-22-11-16(27(35)36)5-7-20(22)30-24(32)13-33-9-10-34-21-4-2-3-17(26(21)31-25(34)14-33)15-37-23-8-6-18(28)12-19(23)29;1-2-4-3-1/h2-8,11-12H,9-10,13-15H2,1H3,(H,35,36);1-3H2. The van der Waals surface area contributed by atoms with Crippen molar-refractivity contribution >= 4 is 39.6 Å². The molecule has 2 aliphatic heterocycles. The van der Waals surface area contributed by atoms with Crippen LogP contribution in [0.1, 0.15) is 34.0 Å². The summed E-state index contributed by atoms with van der Waals surface area (Å²) in [5.74, 6) is 0.497. The van der Waals surface area contributed by atoms with Crippen molar-refractivity contribution in [2.45, 2.75) is 32.7 Å². The van der Waals surface area contributed by atoms with Gasteiger partial charge in [0.05, 0.1) is 40.7 Å². The van der Waals surface area contributed by atoms with Gasteiger partial charge in [0, 0.05) is 43.9 Å². The van der Waals surface area contributed by atoms with Crippen molar-refractivity contribution in [1.29, 1.82) is 0 Å². The van der Waals surface area contributed by atoms with Gasteiger partial charge in [-0.15, -0.1) is 0 Å². The van der Waals surface area contributed by atoms with Crippen molar-refractivity contribution in [2.24, 2.45) is 7.05 Å².